The Kier molecular flexibility index (Phi) is 5.42. The van der Waals surface area contributed by atoms with E-state index in [1.807, 2.05) is 54.6 Å². The van der Waals surface area contributed by atoms with Gasteiger partial charge < -0.3 is 4.42 Å². The van der Waals surface area contributed by atoms with Gasteiger partial charge in [0.1, 0.15) is 27.9 Å². The molecule has 1 N–H and O–H groups in total. The number of nitrogens with zero attached hydrogens (tertiary/aromatic N) is 2. The van der Waals surface area contributed by atoms with Crippen LogP contribution in [0.4, 0.5) is 14.5 Å². The van der Waals surface area contributed by atoms with E-state index in [0.29, 0.717) is 23.0 Å². The predicted molar refractivity (Wildman–Crippen MR) is 137 cm³/mol. The van der Waals surface area contributed by atoms with Crippen molar-refractivity contribution in [3.8, 4) is 22.5 Å². The zero-order valence-electron chi connectivity index (χ0n) is 19.0. The first kappa shape index (κ1) is 22.8. The summed E-state index contributed by atoms with van der Waals surface area (Å²) in [5, 5.41) is 1.80. The van der Waals surface area contributed by atoms with Crippen molar-refractivity contribution < 1.29 is 21.6 Å². The van der Waals surface area contributed by atoms with Crippen LogP contribution in [0.25, 0.3) is 44.3 Å². The lowest BCUT2D eigenvalue weighted by atomic mass is 10.0. The highest BCUT2D eigenvalue weighted by atomic mass is 32.2. The minimum absolute atomic E-state index is 0.169. The Balaban J connectivity index is 1.40. The van der Waals surface area contributed by atoms with Crippen LogP contribution in [0.3, 0.4) is 0 Å². The van der Waals surface area contributed by atoms with Gasteiger partial charge in [0, 0.05) is 46.6 Å². The third kappa shape index (κ3) is 4.30. The highest BCUT2D eigenvalue weighted by Gasteiger charge is 2.19. The van der Waals surface area contributed by atoms with Crippen LogP contribution in [0.15, 0.2) is 107 Å². The number of para-hydroxylation sites is 1. The van der Waals surface area contributed by atoms with E-state index in [0.717, 1.165) is 45.8 Å². The Morgan fingerprint density at radius 1 is 0.838 bits per heavy atom. The van der Waals surface area contributed by atoms with Crippen LogP contribution in [0.1, 0.15) is 0 Å². The first-order chi connectivity index (χ1) is 17.9. The molecule has 0 radical (unpaired) electrons. The van der Waals surface area contributed by atoms with Crippen LogP contribution in [-0.4, -0.2) is 18.4 Å². The van der Waals surface area contributed by atoms with Crippen molar-refractivity contribution in [1.29, 1.82) is 0 Å². The summed E-state index contributed by atoms with van der Waals surface area (Å²) in [6.07, 6.45) is 4.41. The summed E-state index contributed by atoms with van der Waals surface area (Å²) in [6, 6.07) is 21.1. The molecule has 0 unspecified atom stereocenters. The Labute approximate surface area is 210 Å². The van der Waals surface area contributed by atoms with Crippen molar-refractivity contribution in [2.24, 2.45) is 0 Å². The van der Waals surface area contributed by atoms with Gasteiger partial charge in [0.2, 0.25) is 0 Å². The number of nitrogens with one attached hydrogen (secondary N) is 1. The molecule has 0 aliphatic carbocycles. The number of rotatable bonds is 5. The number of furan rings is 1. The van der Waals surface area contributed by atoms with Crippen LogP contribution in [0.2, 0.25) is 0 Å². The summed E-state index contributed by atoms with van der Waals surface area (Å²) in [4.78, 5) is 8.37. The molecule has 0 fully saturated rings. The first-order valence-corrected chi connectivity index (χ1v) is 12.7. The van der Waals surface area contributed by atoms with Crippen molar-refractivity contribution in [2.45, 2.75) is 4.90 Å². The van der Waals surface area contributed by atoms with Gasteiger partial charge in [-0.15, -0.1) is 0 Å². The summed E-state index contributed by atoms with van der Waals surface area (Å²) in [5.74, 6) is -1.14. The number of anilines is 1. The fourth-order valence-electron chi connectivity index (χ4n) is 4.15. The largest absolute Gasteiger partial charge is 0.456 e. The molecule has 0 aliphatic rings. The van der Waals surface area contributed by atoms with E-state index >= 15 is 0 Å². The highest BCUT2D eigenvalue weighted by Crippen LogP contribution is 2.34. The maximum absolute atomic E-state index is 14.0. The maximum Gasteiger partial charge on any atom is 0.263 e. The molecule has 0 aliphatic heterocycles. The third-order valence-electron chi connectivity index (χ3n) is 5.96. The van der Waals surface area contributed by atoms with Crippen molar-refractivity contribution in [2.75, 3.05) is 4.72 Å². The Morgan fingerprint density at radius 2 is 1.70 bits per heavy atom. The summed E-state index contributed by atoms with van der Waals surface area (Å²) < 4.78 is 61.3. The number of benzene rings is 3. The number of hydrogen-bond donors (Lipinski definition) is 1. The van der Waals surface area contributed by atoms with Crippen LogP contribution in [0, 0.1) is 11.6 Å². The fourth-order valence-corrected chi connectivity index (χ4v) is 5.21. The van der Waals surface area contributed by atoms with Crippen LogP contribution in [-0.2, 0) is 10.0 Å². The zero-order valence-corrected chi connectivity index (χ0v) is 19.8. The van der Waals surface area contributed by atoms with Gasteiger partial charge in [-0.25, -0.2) is 17.2 Å². The van der Waals surface area contributed by atoms with Crippen LogP contribution in [0.5, 0.6) is 0 Å². The molecule has 0 spiro atoms. The number of halogens is 2. The second-order valence-electron chi connectivity index (χ2n) is 8.38. The molecular weight excluding hydrogens is 496 g/mol. The van der Waals surface area contributed by atoms with Gasteiger partial charge in [-0.1, -0.05) is 24.3 Å². The average molecular weight is 514 g/mol. The van der Waals surface area contributed by atoms with Gasteiger partial charge in [-0.3, -0.25) is 14.7 Å². The molecule has 6 aromatic rings. The number of sulfonamides is 1. The topological polar surface area (TPSA) is 85.1 Å². The molecule has 6 rings (SSSR count). The molecule has 0 atom stereocenters. The average Bonchev–Trinajstić information content (AvgIpc) is 3.34. The van der Waals surface area contributed by atoms with E-state index in [2.05, 4.69) is 14.7 Å². The summed E-state index contributed by atoms with van der Waals surface area (Å²) in [6.45, 7) is 0. The van der Waals surface area contributed by atoms with Crippen molar-refractivity contribution in [3.05, 3.63) is 109 Å². The fraction of sp³-hybridized carbons (Fsp3) is 0. The standard InChI is InChI=1S/C28H17F2N3O3S/c29-20-6-8-26(24(30)14-20)33-37(34,35)21-11-19(15-31-16-21)17-5-7-25-23(12-17)22(9-10-32-25)28-13-18-3-1-2-4-27(18)36-28/h1-16,33H. The summed E-state index contributed by atoms with van der Waals surface area (Å²) in [7, 11) is -4.19. The molecule has 0 bridgehead atoms. The molecular formula is C28H17F2N3O3S. The van der Waals surface area contributed by atoms with Gasteiger partial charge in [-0.2, -0.15) is 0 Å². The zero-order chi connectivity index (χ0) is 25.6. The number of hydrogen-bond acceptors (Lipinski definition) is 5. The highest BCUT2D eigenvalue weighted by molar-refractivity contribution is 7.92. The Bertz CT molecular complexity index is 1890. The predicted octanol–water partition coefficient (Wildman–Crippen LogP) is 6.79. The molecule has 3 aromatic heterocycles. The van der Waals surface area contributed by atoms with Gasteiger partial charge in [-0.05, 0) is 54.1 Å². The van der Waals surface area contributed by atoms with E-state index in [-0.39, 0.29) is 10.6 Å². The molecule has 3 heterocycles. The van der Waals surface area contributed by atoms with Gasteiger partial charge in [0.15, 0.2) is 0 Å². The van der Waals surface area contributed by atoms with E-state index in [9.17, 15) is 17.2 Å². The lowest BCUT2D eigenvalue weighted by molar-refractivity contribution is 0.582. The van der Waals surface area contributed by atoms with E-state index in [1.54, 1.807) is 6.20 Å². The third-order valence-corrected chi connectivity index (χ3v) is 7.30. The van der Waals surface area contributed by atoms with Crippen molar-refractivity contribution in [3.63, 3.8) is 0 Å². The second-order valence-corrected chi connectivity index (χ2v) is 10.1. The number of pyridine rings is 2. The Morgan fingerprint density at radius 3 is 2.54 bits per heavy atom. The summed E-state index contributed by atoms with van der Waals surface area (Å²) >= 11 is 0. The number of aromatic nitrogens is 2. The number of fused-ring (bicyclic) bond motifs is 2. The molecule has 182 valence electrons. The van der Waals surface area contributed by atoms with Gasteiger partial charge in [0.25, 0.3) is 10.0 Å². The summed E-state index contributed by atoms with van der Waals surface area (Å²) in [5.41, 5.74) is 3.23. The van der Waals surface area contributed by atoms with Gasteiger partial charge in [0.05, 0.1) is 11.2 Å². The van der Waals surface area contributed by atoms with Crippen molar-refractivity contribution in [1.82, 2.24) is 9.97 Å². The molecule has 9 heteroatoms. The van der Waals surface area contributed by atoms with Crippen molar-refractivity contribution >= 4 is 37.6 Å². The monoisotopic (exact) mass is 513 g/mol. The van der Waals surface area contributed by atoms with E-state index in [1.165, 1.54) is 12.3 Å². The van der Waals surface area contributed by atoms with E-state index in [4.69, 9.17) is 4.42 Å². The van der Waals surface area contributed by atoms with Gasteiger partial charge >= 0.3 is 0 Å². The molecule has 3 aromatic carbocycles. The Hall–Kier alpha value is -4.63. The molecule has 37 heavy (non-hydrogen) atoms. The van der Waals surface area contributed by atoms with Crippen LogP contribution >= 0.6 is 0 Å². The molecule has 0 saturated carbocycles. The smallest absolute Gasteiger partial charge is 0.263 e. The van der Waals surface area contributed by atoms with Crippen LogP contribution < -0.4 is 4.72 Å². The second kappa shape index (κ2) is 8.79. The molecule has 0 saturated heterocycles. The lowest BCUT2D eigenvalue weighted by Crippen LogP contribution is -2.14. The SMILES string of the molecule is O=S(=O)(Nc1ccc(F)cc1F)c1cncc(-c2ccc3nccc(-c4cc5ccccc5o4)c3c2)c1. The lowest BCUT2D eigenvalue weighted by Gasteiger charge is -2.11. The first-order valence-electron chi connectivity index (χ1n) is 11.2. The quantitative estimate of drug-likeness (QED) is 0.274. The molecule has 0 amide bonds. The minimum atomic E-state index is -4.19. The van der Waals surface area contributed by atoms with E-state index < -0.39 is 21.7 Å². The molecule has 6 nitrogen and oxygen atoms in total. The normalized spacial score (nSPS) is 11.7. The maximum atomic E-state index is 14.0. The minimum Gasteiger partial charge on any atom is -0.456 e.